The number of carbonyl (C=O) groups excluding carboxylic acids is 2. The summed E-state index contributed by atoms with van der Waals surface area (Å²) in [7, 11) is -1.31. The van der Waals surface area contributed by atoms with Crippen LogP contribution in [0.2, 0.25) is 0 Å². The van der Waals surface area contributed by atoms with E-state index in [4.69, 9.17) is 9.47 Å². The second-order valence-electron chi connectivity index (χ2n) is 12.2. The number of sulfonamides is 1. The molecule has 1 unspecified atom stereocenters. The fourth-order valence-electron chi connectivity index (χ4n) is 6.10. The lowest BCUT2D eigenvalue weighted by Gasteiger charge is -2.34. The van der Waals surface area contributed by atoms with Crippen LogP contribution in [0.5, 0.6) is 11.5 Å². The molecule has 1 atom stereocenters. The van der Waals surface area contributed by atoms with E-state index in [9.17, 15) is 18.0 Å². The Labute approximate surface area is 297 Å². The molecule has 0 bridgehead atoms. The lowest BCUT2D eigenvalue weighted by atomic mass is 10.0. The maximum atomic E-state index is 14.8. The first kappa shape index (κ1) is 35.9. The lowest BCUT2D eigenvalue weighted by Crippen LogP contribution is -2.54. The zero-order chi connectivity index (χ0) is 35.0. The number of amides is 2. The average Bonchev–Trinajstić information content (AvgIpc) is 3.62. The topological polar surface area (TPSA) is 105 Å². The summed E-state index contributed by atoms with van der Waals surface area (Å²) in [6, 6.07) is 27.4. The van der Waals surface area contributed by atoms with E-state index in [0.717, 1.165) is 51.2 Å². The smallest absolute Gasteiger partial charge is 0.264 e. The van der Waals surface area contributed by atoms with Crippen LogP contribution in [0.3, 0.4) is 0 Å². The van der Waals surface area contributed by atoms with Crippen molar-refractivity contribution in [3.05, 3.63) is 118 Å². The molecule has 0 radical (unpaired) electrons. The first-order valence-corrected chi connectivity index (χ1v) is 18.5. The van der Waals surface area contributed by atoms with E-state index >= 15 is 0 Å². The molecular formula is C38H42BrN3O6S. The van der Waals surface area contributed by atoms with E-state index in [1.54, 1.807) is 24.3 Å². The molecule has 1 saturated carbocycles. The molecule has 1 aliphatic rings. The number of hydrogen-bond acceptors (Lipinski definition) is 6. The van der Waals surface area contributed by atoms with Crippen LogP contribution in [-0.4, -0.2) is 58.0 Å². The Balaban J connectivity index is 1.60. The van der Waals surface area contributed by atoms with Crippen LogP contribution in [0.1, 0.15) is 42.4 Å². The van der Waals surface area contributed by atoms with Gasteiger partial charge in [-0.3, -0.25) is 13.9 Å². The van der Waals surface area contributed by atoms with Crippen LogP contribution in [0.25, 0.3) is 0 Å². The molecule has 0 spiro atoms. The standard InChI is InChI=1S/C38H42BrN3O6S/c1-27-16-19-33(20-17-27)49(45,46)42(32-18-21-35(47-2)36(24-32)48-3)26-37(43)41(25-29-12-9-13-30(39)22-29)34(23-28-10-5-4-6-11-28)38(44)40-31-14-7-8-15-31/h4-6,9-13,16-22,24,31,34H,7-8,14-15,23,25-26H2,1-3H3,(H,40,44). The van der Waals surface area contributed by atoms with Gasteiger partial charge in [-0.05, 0) is 67.3 Å². The molecule has 0 aromatic heterocycles. The zero-order valence-corrected chi connectivity index (χ0v) is 30.4. The van der Waals surface area contributed by atoms with Gasteiger partial charge in [0.05, 0.1) is 24.8 Å². The fourth-order valence-corrected chi connectivity index (χ4v) is 7.95. The largest absolute Gasteiger partial charge is 0.493 e. The van der Waals surface area contributed by atoms with Crippen molar-refractivity contribution in [1.29, 1.82) is 0 Å². The molecule has 4 aromatic rings. The Hall–Kier alpha value is -4.35. The highest BCUT2D eigenvalue weighted by Gasteiger charge is 2.36. The number of ether oxygens (including phenoxy) is 2. The van der Waals surface area contributed by atoms with Gasteiger partial charge in [0, 0.05) is 29.5 Å². The molecule has 4 aromatic carbocycles. The monoisotopic (exact) mass is 747 g/mol. The molecule has 11 heteroatoms. The van der Waals surface area contributed by atoms with Crippen molar-refractivity contribution in [2.75, 3.05) is 25.1 Å². The number of halogens is 1. The molecule has 0 saturated heterocycles. The number of aryl methyl sites for hydroxylation is 1. The van der Waals surface area contributed by atoms with E-state index in [2.05, 4.69) is 21.2 Å². The molecular weight excluding hydrogens is 706 g/mol. The van der Waals surface area contributed by atoms with Crippen molar-refractivity contribution in [2.45, 2.75) is 62.6 Å². The predicted octanol–water partition coefficient (Wildman–Crippen LogP) is 6.67. The summed E-state index contributed by atoms with van der Waals surface area (Å²) in [6.45, 7) is 1.38. The van der Waals surface area contributed by atoms with Crippen molar-refractivity contribution < 1.29 is 27.5 Å². The molecule has 1 N–H and O–H groups in total. The minimum Gasteiger partial charge on any atom is -0.493 e. The normalized spacial score (nSPS) is 13.8. The average molecular weight is 749 g/mol. The van der Waals surface area contributed by atoms with Gasteiger partial charge in [0.15, 0.2) is 11.5 Å². The van der Waals surface area contributed by atoms with Gasteiger partial charge in [0.25, 0.3) is 10.0 Å². The van der Waals surface area contributed by atoms with Crippen molar-refractivity contribution in [1.82, 2.24) is 10.2 Å². The summed E-state index contributed by atoms with van der Waals surface area (Å²) in [4.78, 5) is 30.5. The molecule has 0 aliphatic heterocycles. The molecule has 2 amide bonds. The van der Waals surface area contributed by atoms with Crippen LogP contribution >= 0.6 is 15.9 Å². The molecule has 1 fully saturated rings. The molecule has 5 rings (SSSR count). The molecule has 0 heterocycles. The fraction of sp³-hybridized carbons (Fsp3) is 0.316. The summed E-state index contributed by atoms with van der Waals surface area (Å²) in [5.74, 6) is -0.0837. The van der Waals surface area contributed by atoms with Gasteiger partial charge < -0.3 is 19.7 Å². The Bertz CT molecular complexity index is 1850. The highest BCUT2D eigenvalue weighted by atomic mass is 79.9. The second-order valence-corrected chi connectivity index (χ2v) is 15.0. The summed E-state index contributed by atoms with van der Waals surface area (Å²) < 4.78 is 41.6. The van der Waals surface area contributed by atoms with Crippen molar-refractivity contribution in [3.8, 4) is 11.5 Å². The quantitative estimate of drug-likeness (QED) is 0.155. The van der Waals surface area contributed by atoms with E-state index in [1.807, 2.05) is 61.5 Å². The maximum absolute atomic E-state index is 14.8. The van der Waals surface area contributed by atoms with Crippen molar-refractivity contribution >= 4 is 43.5 Å². The summed E-state index contributed by atoms with van der Waals surface area (Å²) in [5, 5.41) is 3.20. The van der Waals surface area contributed by atoms with Gasteiger partial charge >= 0.3 is 0 Å². The number of anilines is 1. The number of benzene rings is 4. The molecule has 9 nitrogen and oxygen atoms in total. The third kappa shape index (κ3) is 9.01. The summed E-state index contributed by atoms with van der Waals surface area (Å²) >= 11 is 3.53. The second kappa shape index (κ2) is 16.4. The van der Waals surface area contributed by atoms with Gasteiger partial charge in [0.2, 0.25) is 11.8 Å². The number of nitrogens with zero attached hydrogens (tertiary/aromatic N) is 2. The van der Waals surface area contributed by atoms with E-state index < -0.39 is 28.5 Å². The summed E-state index contributed by atoms with van der Waals surface area (Å²) in [5.41, 5.74) is 2.77. The summed E-state index contributed by atoms with van der Waals surface area (Å²) in [6.07, 6.45) is 4.08. The van der Waals surface area contributed by atoms with Gasteiger partial charge in [-0.25, -0.2) is 8.42 Å². The maximum Gasteiger partial charge on any atom is 0.264 e. The van der Waals surface area contributed by atoms with Crippen LogP contribution in [-0.2, 0) is 32.6 Å². The number of carbonyl (C=O) groups is 2. The van der Waals surface area contributed by atoms with Crippen LogP contribution in [0, 0.1) is 6.92 Å². The zero-order valence-electron chi connectivity index (χ0n) is 28.0. The third-order valence-electron chi connectivity index (χ3n) is 8.76. The SMILES string of the molecule is COc1ccc(N(CC(=O)N(Cc2cccc(Br)c2)C(Cc2ccccc2)C(=O)NC2CCCC2)S(=O)(=O)c2ccc(C)cc2)cc1OC. The number of rotatable bonds is 14. The van der Waals surface area contributed by atoms with Crippen molar-refractivity contribution in [2.24, 2.45) is 0 Å². The van der Waals surface area contributed by atoms with Crippen LogP contribution in [0.15, 0.2) is 106 Å². The van der Waals surface area contributed by atoms with Crippen LogP contribution in [0.4, 0.5) is 5.69 Å². The van der Waals surface area contributed by atoms with Crippen molar-refractivity contribution in [3.63, 3.8) is 0 Å². The first-order valence-electron chi connectivity index (χ1n) is 16.3. The Morgan fingerprint density at radius 2 is 1.53 bits per heavy atom. The Morgan fingerprint density at radius 1 is 0.857 bits per heavy atom. The van der Waals surface area contributed by atoms with Gasteiger partial charge in [0.1, 0.15) is 12.6 Å². The molecule has 49 heavy (non-hydrogen) atoms. The minimum absolute atomic E-state index is 0.0266. The van der Waals surface area contributed by atoms with E-state index in [1.165, 1.54) is 37.3 Å². The molecule has 1 aliphatic carbocycles. The predicted molar refractivity (Wildman–Crippen MR) is 194 cm³/mol. The minimum atomic E-state index is -4.27. The number of methoxy groups -OCH3 is 2. The van der Waals surface area contributed by atoms with Crippen LogP contribution < -0.4 is 19.1 Å². The van der Waals surface area contributed by atoms with E-state index in [0.29, 0.717) is 11.5 Å². The first-order chi connectivity index (χ1) is 23.6. The van der Waals surface area contributed by atoms with Gasteiger partial charge in [-0.15, -0.1) is 0 Å². The Kier molecular flexibility index (Phi) is 12.0. The number of hydrogen-bond donors (Lipinski definition) is 1. The lowest BCUT2D eigenvalue weighted by molar-refractivity contribution is -0.140. The Morgan fingerprint density at radius 3 is 2.18 bits per heavy atom. The van der Waals surface area contributed by atoms with Gasteiger partial charge in [-0.2, -0.15) is 0 Å². The molecule has 258 valence electrons. The van der Waals surface area contributed by atoms with E-state index in [-0.39, 0.29) is 35.5 Å². The third-order valence-corrected chi connectivity index (χ3v) is 11.0. The number of nitrogens with one attached hydrogen (secondary N) is 1. The van der Waals surface area contributed by atoms with Gasteiger partial charge in [-0.1, -0.05) is 88.9 Å². The highest BCUT2D eigenvalue weighted by Crippen LogP contribution is 2.34. The highest BCUT2D eigenvalue weighted by molar-refractivity contribution is 9.10.